The second-order valence-electron chi connectivity index (χ2n) is 9.01. The molecule has 178 valence electrons. The number of imidazole rings is 2. The van der Waals surface area contributed by atoms with E-state index >= 15 is 0 Å². The summed E-state index contributed by atoms with van der Waals surface area (Å²) in [6.07, 6.45) is 8.24. The lowest BCUT2D eigenvalue weighted by molar-refractivity contribution is 0.122. The number of para-hydroxylation sites is 1. The molecule has 5 heterocycles. The Morgan fingerprint density at radius 2 is 2.06 bits per heavy atom. The minimum absolute atomic E-state index is 0.495. The van der Waals surface area contributed by atoms with Crippen molar-refractivity contribution >= 4 is 39.8 Å². The summed E-state index contributed by atoms with van der Waals surface area (Å²) in [5, 5.41) is 13.7. The van der Waals surface area contributed by atoms with E-state index in [0.717, 1.165) is 58.4 Å². The van der Waals surface area contributed by atoms with Crippen molar-refractivity contribution in [3.05, 3.63) is 53.7 Å². The molecule has 1 aliphatic heterocycles. The smallest absolute Gasteiger partial charge is 0.177 e. The van der Waals surface area contributed by atoms with E-state index < -0.39 is 0 Å². The van der Waals surface area contributed by atoms with E-state index in [9.17, 15) is 0 Å². The van der Waals surface area contributed by atoms with E-state index in [2.05, 4.69) is 37.5 Å². The minimum Gasteiger partial charge on any atom is -0.378 e. The summed E-state index contributed by atoms with van der Waals surface area (Å²) in [6, 6.07) is 8.32. The fraction of sp³-hybridized carbons (Fsp3) is 0.333. The Morgan fingerprint density at radius 3 is 2.89 bits per heavy atom. The summed E-state index contributed by atoms with van der Waals surface area (Å²) >= 11 is 6.31. The number of rotatable bonds is 6. The van der Waals surface area contributed by atoms with Crippen LogP contribution in [0.25, 0.3) is 27.9 Å². The van der Waals surface area contributed by atoms with Gasteiger partial charge in [-0.2, -0.15) is 5.10 Å². The number of aromatic nitrogens is 7. The van der Waals surface area contributed by atoms with Gasteiger partial charge in [0.05, 0.1) is 60.1 Å². The molecule has 0 amide bonds. The lowest BCUT2D eigenvalue weighted by atomic mass is 10.3. The fourth-order valence-electron chi connectivity index (χ4n) is 4.55. The molecule has 35 heavy (non-hydrogen) atoms. The SMILES string of the molecule is Clc1cccc2[nH]c(CNc3cc(N4CCOCC4)nn4c(-c5cnn(C6CC6)c5)cnc34)nc12. The zero-order valence-corrected chi connectivity index (χ0v) is 19.7. The van der Waals surface area contributed by atoms with Gasteiger partial charge in [-0.3, -0.25) is 4.68 Å². The molecule has 5 aromatic rings. The second-order valence-corrected chi connectivity index (χ2v) is 9.41. The number of ether oxygens (including phenoxy) is 1. The first-order valence-corrected chi connectivity index (χ1v) is 12.2. The standard InChI is InChI=1S/C24H24ClN9O/c25-17-2-1-3-18-23(17)30-21(29-18)13-26-19-10-22(32-6-8-35-9-7-32)31-34-20(12-27-24(19)34)15-11-28-33(14-15)16-4-5-16/h1-3,10-12,14,16,26H,4-9,13H2,(H,29,30). The molecule has 0 spiro atoms. The average molecular weight is 490 g/mol. The highest BCUT2D eigenvalue weighted by Crippen LogP contribution is 2.35. The van der Waals surface area contributed by atoms with Crippen LogP contribution >= 0.6 is 11.6 Å². The van der Waals surface area contributed by atoms with Crippen LogP contribution in [0, 0.1) is 0 Å². The highest BCUT2D eigenvalue weighted by atomic mass is 35.5. The third-order valence-corrected chi connectivity index (χ3v) is 6.87. The van der Waals surface area contributed by atoms with E-state index in [-0.39, 0.29) is 0 Å². The highest BCUT2D eigenvalue weighted by Gasteiger charge is 2.25. The predicted molar refractivity (Wildman–Crippen MR) is 134 cm³/mol. The molecule has 2 aliphatic rings. The van der Waals surface area contributed by atoms with Crippen LogP contribution in [0.5, 0.6) is 0 Å². The van der Waals surface area contributed by atoms with Gasteiger partial charge < -0.3 is 19.9 Å². The molecule has 0 atom stereocenters. The molecule has 1 saturated carbocycles. The molecule has 2 fully saturated rings. The molecular weight excluding hydrogens is 466 g/mol. The van der Waals surface area contributed by atoms with E-state index in [1.54, 1.807) is 0 Å². The van der Waals surface area contributed by atoms with Crippen molar-refractivity contribution in [1.82, 2.24) is 34.3 Å². The Morgan fingerprint density at radius 1 is 1.17 bits per heavy atom. The van der Waals surface area contributed by atoms with Gasteiger partial charge in [0.25, 0.3) is 0 Å². The van der Waals surface area contributed by atoms with Gasteiger partial charge >= 0.3 is 0 Å². The Kier molecular flexibility index (Phi) is 4.88. The normalized spacial score (nSPS) is 16.4. The number of nitrogens with zero attached hydrogens (tertiary/aromatic N) is 7. The van der Waals surface area contributed by atoms with Crippen LogP contribution in [-0.4, -0.2) is 60.6 Å². The molecule has 0 unspecified atom stereocenters. The summed E-state index contributed by atoms with van der Waals surface area (Å²) in [6.45, 7) is 3.46. The molecule has 11 heteroatoms. The molecule has 2 N–H and O–H groups in total. The van der Waals surface area contributed by atoms with E-state index in [1.807, 2.05) is 39.8 Å². The van der Waals surface area contributed by atoms with Gasteiger partial charge in [0.2, 0.25) is 0 Å². The van der Waals surface area contributed by atoms with Crippen molar-refractivity contribution in [3.63, 3.8) is 0 Å². The van der Waals surface area contributed by atoms with E-state index in [4.69, 9.17) is 26.4 Å². The fourth-order valence-corrected chi connectivity index (χ4v) is 4.77. The van der Waals surface area contributed by atoms with Crippen molar-refractivity contribution in [1.29, 1.82) is 0 Å². The molecule has 0 radical (unpaired) electrons. The lowest BCUT2D eigenvalue weighted by Crippen LogP contribution is -2.37. The van der Waals surface area contributed by atoms with Gasteiger partial charge in [-0.15, -0.1) is 5.10 Å². The first-order chi connectivity index (χ1) is 17.2. The van der Waals surface area contributed by atoms with Gasteiger partial charge in [-0.25, -0.2) is 14.5 Å². The van der Waals surface area contributed by atoms with Crippen molar-refractivity contribution < 1.29 is 4.74 Å². The average Bonchev–Trinajstić information content (AvgIpc) is 3.28. The first-order valence-electron chi connectivity index (χ1n) is 11.9. The van der Waals surface area contributed by atoms with Crippen LogP contribution < -0.4 is 10.2 Å². The van der Waals surface area contributed by atoms with Crippen molar-refractivity contribution in [2.45, 2.75) is 25.4 Å². The molecule has 7 rings (SSSR count). The maximum absolute atomic E-state index is 6.31. The maximum Gasteiger partial charge on any atom is 0.177 e. The topological polar surface area (TPSA) is 101 Å². The van der Waals surface area contributed by atoms with Gasteiger partial charge in [-0.05, 0) is 25.0 Å². The third-order valence-electron chi connectivity index (χ3n) is 6.57. The number of nitrogens with one attached hydrogen (secondary N) is 2. The summed E-state index contributed by atoms with van der Waals surface area (Å²) in [7, 11) is 0. The number of hydrogen-bond acceptors (Lipinski definition) is 7. The molecule has 10 nitrogen and oxygen atoms in total. The largest absolute Gasteiger partial charge is 0.378 e. The first kappa shape index (κ1) is 20.7. The Balaban J connectivity index is 1.27. The van der Waals surface area contributed by atoms with Gasteiger partial charge in [0.1, 0.15) is 11.3 Å². The molecular formula is C24H24ClN9O. The number of benzene rings is 1. The summed E-state index contributed by atoms with van der Waals surface area (Å²) in [5.74, 6) is 1.68. The molecule has 4 aromatic heterocycles. The number of aromatic amines is 1. The Bertz CT molecular complexity index is 1530. The summed E-state index contributed by atoms with van der Waals surface area (Å²) < 4.78 is 9.52. The van der Waals surface area contributed by atoms with E-state index in [1.165, 1.54) is 12.8 Å². The van der Waals surface area contributed by atoms with Crippen molar-refractivity contribution in [3.8, 4) is 11.3 Å². The summed E-state index contributed by atoms with van der Waals surface area (Å²) in [4.78, 5) is 15.0. The van der Waals surface area contributed by atoms with Crippen LogP contribution in [0.2, 0.25) is 5.02 Å². The molecule has 0 bridgehead atoms. The number of H-pyrrole nitrogens is 1. The van der Waals surface area contributed by atoms with E-state index in [0.29, 0.717) is 30.8 Å². The number of hydrogen-bond donors (Lipinski definition) is 2. The molecule has 1 saturated heterocycles. The lowest BCUT2D eigenvalue weighted by Gasteiger charge is -2.28. The zero-order chi connectivity index (χ0) is 23.4. The number of fused-ring (bicyclic) bond motifs is 2. The van der Waals surface area contributed by atoms with Gasteiger partial charge in [-0.1, -0.05) is 17.7 Å². The third kappa shape index (κ3) is 3.78. The Hall–Kier alpha value is -3.63. The van der Waals surface area contributed by atoms with Gasteiger partial charge in [0.15, 0.2) is 11.5 Å². The minimum atomic E-state index is 0.495. The maximum atomic E-state index is 6.31. The Labute approximate surface area is 205 Å². The van der Waals surface area contributed by atoms with Crippen LogP contribution in [0.15, 0.2) is 42.9 Å². The van der Waals surface area contributed by atoms with Crippen LogP contribution in [0.3, 0.4) is 0 Å². The summed E-state index contributed by atoms with van der Waals surface area (Å²) in [5.41, 5.74) is 5.25. The van der Waals surface area contributed by atoms with Crippen molar-refractivity contribution in [2.75, 3.05) is 36.5 Å². The quantitative estimate of drug-likeness (QED) is 0.373. The number of anilines is 2. The monoisotopic (exact) mass is 489 g/mol. The van der Waals surface area contributed by atoms with Crippen LogP contribution in [0.1, 0.15) is 24.7 Å². The number of halogens is 1. The second kappa shape index (κ2) is 8.24. The van der Waals surface area contributed by atoms with Crippen LogP contribution in [0.4, 0.5) is 11.5 Å². The van der Waals surface area contributed by atoms with Crippen molar-refractivity contribution in [2.24, 2.45) is 0 Å². The molecule has 1 aliphatic carbocycles. The number of morpholine rings is 1. The molecule has 1 aromatic carbocycles. The highest BCUT2D eigenvalue weighted by molar-refractivity contribution is 6.34. The van der Waals surface area contributed by atoms with Crippen LogP contribution in [-0.2, 0) is 11.3 Å². The zero-order valence-electron chi connectivity index (χ0n) is 19.0. The van der Waals surface area contributed by atoms with Gasteiger partial charge in [0, 0.05) is 30.9 Å². The predicted octanol–water partition coefficient (Wildman–Crippen LogP) is 3.91.